The van der Waals surface area contributed by atoms with Crippen LogP contribution in [0.4, 0.5) is 10.5 Å². The number of allylic oxidation sites excluding steroid dienone is 1. The molecule has 1 heterocycles. The van der Waals surface area contributed by atoms with Crippen molar-refractivity contribution in [2.45, 2.75) is 147 Å². The number of oxime groups is 1. The molecule has 1 fully saturated rings. The molecule has 0 radical (unpaired) electrons. The summed E-state index contributed by atoms with van der Waals surface area (Å²) < 4.78 is 27.8. The van der Waals surface area contributed by atoms with Gasteiger partial charge in [-0.25, -0.2) is 4.79 Å². The first-order chi connectivity index (χ1) is 38.7. The standard InChI is InChI=1S/C65H79N3O11/c1-3-5-6-7-8-9-10-11-12-19-39-75-64(72)67(44-51-26-21-25-49-23-13-14-28-55(49)51)61-43-59(66-77-46-47-30-32-52(33-31-47)68(73)74)57-41-50(24-15-17-36-69)56(29-16-18-37-70)62-58-42-54(78-53-27-20-22-48(40-53)45-71)34-35-60(58)79-65(61,63(57)62)76-38-4-2/h4,13-14,20-23,25-28,30-35,40-42,45,50,56,61-63,69-70H,2-3,5-12,15-19,24,29,36-39,43-44,46H2,1H3. The number of aliphatic hydroxyl groups excluding tert-OH is 2. The van der Waals surface area contributed by atoms with Crippen LogP contribution in [0.5, 0.6) is 17.2 Å². The number of hydrogen-bond donors (Lipinski definition) is 2. The van der Waals surface area contributed by atoms with Crippen molar-refractivity contribution in [1.29, 1.82) is 0 Å². The third-order valence-electron chi connectivity index (χ3n) is 16.0. The topological polar surface area (TPSA) is 179 Å². The number of nitro groups is 1. The molecule has 1 aliphatic heterocycles. The highest BCUT2D eigenvalue weighted by atomic mass is 16.7. The highest BCUT2D eigenvalue weighted by molar-refractivity contribution is 6.03. The van der Waals surface area contributed by atoms with Crippen LogP contribution in [0.1, 0.15) is 149 Å². The number of carbonyl (C=O) groups is 2. The first-order valence-electron chi connectivity index (χ1n) is 28.8. The fraction of sp³-hybridized carbons (Fsp3) is 0.462. The van der Waals surface area contributed by atoms with Crippen molar-refractivity contribution in [2.24, 2.45) is 22.9 Å². The molecule has 3 aliphatic rings. The van der Waals surface area contributed by atoms with Gasteiger partial charge < -0.3 is 34.0 Å². The molecule has 2 N–H and O–H groups in total. The molecule has 2 aliphatic carbocycles. The zero-order valence-electron chi connectivity index (χ0n) is 45.9. The zero-order valence-corrected chi connectivity index (χ0v) is 45.9. The molecule has 0 bridgehead atoms. The highest BCUT2D eigenvalue weighted by Crippen LogP contribution is 2.62. The van der Waals surface area contributed by atoms with Crippen molar-refractivity contribution < 1.29 is 48.5 Å². The van der Waals surface area contributed by atoms with E-state index in [0.29, 0.717) is 53.3 Å². The SMILES string of the molecule is C=CCOC12Oc3ccc(Oc4cccc(C=O)c4)cc3C3C(CCCCO)C(CCCCO)C=C(C(=NOCc4ccc([N+](=O)[O-])cc4)CC1N(Cc1cccc4ccccc14)C(=O)OCCCCCCCCCCCC)C32. The first kappa shape index (κ1) is 58.3. The van der Waals surface area contributed by atoms with Gasteiger partial charge in [-0.05, 0) is 114 Å². The van der Waals surface area contributed by atoms with E-state index >= 15 is 4.79 Å². The molecular weight excluding hydrogens is 999 g/mol. The number of benzene rings is 5. The van der Waals surface area contributed by atoms with E-state index in [9.17, 15) is 25.1 Å². The largest absolute Gasteiger partial charge is 0.459 e. The van der Waals surface area contributed by atoms with Crippen molar-refractivity contribution in [3.63, 3.8) is 0 Å². The quantitative estimate of drug-likeness (QED) is 0.0138. The number of aldehydes is 1. The molecular formula is C65H79N3O11. The zero-order chi connectivity index (χ0) is 55.4. The van der Waals surface area contributed by atoms with E-state index in [0.717, 1.165) is 78.7 Å². The number of carbonyl (C=O) groups excluding carboxylic acids is 2. The number of ether oxygens (including phenoxy) is 4. The highest BCUT2D eigenvalue weighted by Gasteiger charge is 2.66. The molecule has 6 atom stereocenters. The number of amides is 1. The lowest BCUT2D eigenvalue weighted by molar-refractivity contribution is -0.384. The number of unbranched alkanes of at least 4 members (excludes halogenated alkanes) is 11. The minimum atomic E-state index is -1.57. The van der Waals surface area contributed by atoms with Gasteiger partial charge >= 0.3 is 6.09 Å². The Hall–Kier alpha value is -6.87. The van der Waals surface area contributed by atoms with Crippen LogP contribution in [0, 0.1) is 27.9 Å². The van der Waals surface area contributed by atoms with Crippen LogP contribution in [0.3, 0.4) is 0 Å². The molecule has 420 valence electrons. The average Bonchev–Trinajstić information content (AvgIpc) is 2.91. The predicted molar refractivity (Wildman–Crippen MR) is 307 cm³/mol. The van der Waals surface area contributed by atoms with Crippen molar-refractivity contribution in [3.05, 3.63) is 166 Å². The van der Waals surface area contributed by atoms with E-state index in [2.05, 4.69) is 37.8 Å². The molecule has 79 heavy (non-hydrogen) atoms. The van der Waals surface area contributed by atoms with Crippen LogP contribution in [0.15, 0.2) is 139 Å². The molecule has 14 nitrogen and oxygen atoms in total. The van der Waals surface area contributed by atoms with Crippen molar-refractivity contribution in [1.82, 2.24) is 4.90 Å². The summed E-state index contributed by atoms with van der Waals surface area (Å²) in [5.74, 6) is -1.04. The molecule has 0 aromatic heterocycles. The van der Waals surface area contributed by atoms with Gasteiger partial charge in [0.15, 0.2) is 0 Å². The number of fused-ring (bicyclic) bond motifs is 3. The van der Waals surface area contributed by atoms with Gasteiger partial charge in [0.05, 0.1) is 36.3 Å². The molecule has 5 aromatic rings. The van der Waals surface area contributed by atoms with Crippen LogP contribution in [-0.2, 0) is 27.5 Å². The summed E-state index contributed by atoms with van der Waals surface area (Å²) in [5, 5.41) is 38.8. The molecule has 14 heteroatoms. The lowest BCUT2D eigenvalue weighted by Crippen LogP contribution is -2.70. The van der Waals surface area contributed by atoms with Crippen molar-refractivity contribution in [2.75, 3.05) is 26.4 Å². The Morgan fingerprint density at radius 2 is 1.54 bits per heavy atom. The Kier molecular flexibility index (Phi) is 21.7. The van der Waals surface area contributed by atoms with Crippen LogP contribution in [-0.4, -0.2) is 76.4 Å². The maximum absolute atomic E-state index is 15.5. The number of aliphatic hydroxyl groups is 2. The van der Waals surface area contributed by atoms with Gasteiger partial charge in [0.25, 0.3) is 5.69 Å². The van der Waals surface area contributed by atoms with Gasteiger partial charge in [0, 0.05) is 48.8 Å². The molecule has 0 saturated heterocycles. The molecule has 0 spiro atoms. The van der Waals surface area contributed by atoms with E-state index in [1.54, 1.807) is 47.4 Å². The fourth-order valence-corrected chi connectivity index (χ4v) is 12.1. The van der Waals surface area contributed by atoms with Crippen LogP contribution < -0.4 is 9.47 Å². The number of nitrogens with zero attached hydrogens (tertiary/aromatic N) is 3. The van der Waals surface area contributed by atoms with Gasteiger partial charge in [0.1, 0.15) is 36.2 Å². The number of rotatable bonds is 32. The lowest BCUT2D eigenvalue weighted by Gasteiger charge is -2.60. The Labute approximate surface area is 465 Å². The molecule has 1 saturated carbocycles. The minimum absolute atomic E-state index is 0.0152. The summed E-state index contributed by atoms with van der Waals surface area (Å²) in [6.07, 6.45) is 20.0. The van der Waals surface area contributed by atoms with Gasteiger partial charge in [0.2, 0.25) is 5.79 Å². The van der Waals surface area contributed by atoms with Crippen molar-refractivity contribution >= 4 is 34.6 Å². The summed E-state index contributed by atoms with van der Waals surface area (Å²) in [5.41, 5.74) is 4.34. The number of nitro benzene ring substituents is 1. The van der Waals surface area contributed by atoms with E-state index in [4.69, 9.17) is 28.9 Å². The minimum Gasteiger partial charge on any atom is -0.459 e. The van der Waals surface area contributed by atoms with E-state index < -0.39 is 28.8 Å². The normalized spacial score (nSPS) is 20.6. The Morgan fingerprint density at radius 3 is 2.28 bits per heavy atom. The van der Waals surface area contributed by atoms with Gasteiger partial charge in [-0.3, -0.25) is 19.8 Å². The maximum atomic E-state index is 15.5. The Bertz CT molecular complexity index is 2860. The maximum Gasteiger partial charge on any atom is 0.410 e. The molecule has 8 rings (SSSR count). The molecule has 6 unspecified atom stereocenters. The Balaban J connectivity index is 1.27. The predicted octanol–water partition coefficient (Wildman–Crippen LogP) is 14.7. The van der Waals surface area contributed by atoms with Gasteiger partial charge in [-0.1, -0.05) is 149 Å². The number of non-ortho nitro benzene ring substituents is 1. The third-order valence-corrected chi connectivity index (χ3v) is 16.0. The smallest absolute Gasteiger partial charge is 0.410 e. The average molecular weight is 1080 g/mol. The monoisotopic (exact) mass is 1080 g/mol. The molecule has 1 amide bonds. The Morgan fingerprint density at radius 1 is 0.835 bits per heavy atom. The fourth-order valence-electron chi connectivity index (χ4n) is 12.1. The van der Waals surface area contributed by atoms with Crippen molar-refractivity contribution in [3.8, 4) is 17.2 Å². The lowest BCUT2D eigenvalue weighted by atomic mass is 9.55. The summed E-state index contributed by atoms with van der Waals surface area (Å²) in [7, 11) is 0. The third kappa shape index (κ3) is 14.7. The summed E-state index contributed by atoms with van der Waals surface area (Å²) in [6, 6.07) is 32.3. The van der Waals surface area contributed by atoms with Crippen LogP contribution in [0.2, 0.25) is 0 Å². The van der Waals surface area contributed by atoms with Crippen LogP contribution >= 0.6 is 0 Å². The molecule has 5 aromatic carbocycles. The summed E-state index contributed by atoms with van der Waals surface area (Å²) in [6.45, 7) is 6.90. The summed E-state index contributed by atoms with van der Waals surface area (Å²) >= 11 is 0. The number of hydrogen-bond acceptors (Lipinski definition) is 12. The second-order valence-corrected chi connectivity index (χ2v) is 21.3. The van der Waals surface area contributed by atoms with Crippen LogP contribution in [0.25, 0.3) is 10.8 Å². The van der Waals surface area contributed by atoms with E-state index in [-0.39, 0.29) is 69.4 Å². The second kappa shape index (κ2) is 29.4. The van der Waals surface area contributed by atoms with Gasteiger partial charge in [-0.2, -0.15) is 0 Å². The second-order valence-electron chi connectivity index (χ2n) is 21.3. The van der Waals surface area contributed by atoms with E-state index in [1.807, 2.05) is 42.5 Å². The van der Waals surface area contributed by atoms with Gasteiger partial charge in [-0.15, -0.1) is 6.58 Å². The first-order valence-corrected chi connectivity index (χ1v) is 28.8. The summed E-state index contributed by atoms with van der Waals surface area (Å²) in [4.78, 5) is 46.5. The van der Waals surface area contributed by atoms with E-state index in [1.165, 1.54) is 50.7 Å².